The summed E-state index contributed by atoms with van der Waals surface area (Å²) in [6, 6.07) is 0. The lowest BCUT2D eigenvalue weighted by atomic mass is 10.1. The lowest BCUT2D eigenvalue weighted by Gasteiger charge is -2.27. The fraction of sp³-hybridized carbons (Fsp3) is 1.00. The van der Waals surface area contributed by atoms with Crippen LogP contribution in [0.2, 0.25) is 0 Å². The van der Waals surface area contributed by atoms with E-state index in [1.807, 2.05) is 25.9 Å². The van der Waals surface area contributed by atoms with E-state index in [0.717, 1.165) is 13.2 Å². The highest BCUT2D eigenvalue weighted by Gasteiger charge is 2.20. The molecule has 0 aromatic heterocycles. The first-order valence-corrected chi connectivity index (χ1v) is 5.99. The van der Waals surface area contributed by atoms with Crippen LogP contribution in [0.1, 0.15) is 20.8 Å². The zero-order valence-corrected chi connectivity index (χ0v) is 11.4. The second-order valence-electron chi connectivity index (χ2n) is 5.38. The van der Waals surface area contributed by atoms with Crippen molar-refractivity contribution in [3.8, 4) is 0 Å². The predicted molar refractivity (Wildman–Crippen MR) is 67.7 cm³/mol. The Bertz CT molecular complexity index is 170. The minimum atomic E-state index is -0.679. The molecule has 4 nitrogen and oxygen atoms in total. The van der Waals surface area contributed by atoms with E-state index in [4.69, 9.17) is 4.74 Å². The monoisotopic (exact) mass is 232 g/mol. The van der Waals surface area contributed by atoms with Crippen LogP contribution in [0.15, 0.2) is 0 Å². The first kappa shape index (κ1) is 15.8. The highest BCUT2D eigenvalue weighted by atomic mass is 16.5. The van der Waals surface area contributed by atoms with Crippen LogP contribution in [-0.2, 0) is 4.74 Å². The molecule has 0 rings (SSSR count). The van der Waals surface area contributed by atoms with E-state index in [9.17, 15) is 5.11 Å². The van der Waals surface area contributed by atoms with Gasteiger partial charge in [-0.25, -0.2) is 0 Å². The SMILES string of the molecule is CC(C)COCCNCC(C)(O)CN(C)C. The average molecular weight is 232 g/mol. The zero-order valence-electron chi connectivity index (χ0n) is 11.4. The Morgan fingerprint density at radius 1 is 1.38 bits per heavy atom. The van der Waals surface area contributed by atoms with Crippen LogP contribution in [0.25, 0.3) is 0 Å². The smallest absolute Gasteiger partial charge is 0.0869 e. The van der Waals surface area contributed by atoms with Crippen molar-refractivity contribution in [2.75, 3.05) is 46.9 Å². The molecule has 0 spiro atoms. The van der Waals surface area contributed by atoms with Gasteiger partial charge in [0.25, 0.3) is 0 Å². The Hall–Kier alpha value is -0.160. The van der Waals surface area contributed by atoms with Gasteiger partial charge >= 0.3 is 0 Å². The van der Waals surface area contributed by atoms with Crippen molar-refractivity contribution in [1.29, 1.82) is 0 Å². The maximum Gasteiger partial charge on any atom is 0.0869 e. The Labute approximate surface area is 100.0 Å². The largest absolute Gasteiger partial charge is 0.388 e. The van der Waals surface area contributed by atoms with Crippen molar-refractivity contribution in [2.45, 2.75) is 26.4 Å². The Morgan fingerprint density at radius 2 is 2.00 bits per heavy atom. The standard InChI is InChI=1S/C12H28N2O2/c1-11(2)8-16-7-6-13-9-12(3,15)10-14(4)5/h11,13,15H,6-10H2,1-5H3. The van der Waals surface area contributed by atoms with Gasteiger partial charge in [0, 0.05) is 26.2 Å². The number of nitrogens with one attached hydrogen (secondary N) is 1. The van der Waals surface area contributed by atoms with Gasteiger partial charge in [-0.15, -0.1) is 0 Å². The molecular weight excluding hydrogens is 204 g/mol. The minimum absolute atomic E-state index is 0.580. The van der Waals surface area contributed by atoms with E-state index in [0.29, 0.717) is 25.6 Å². The number of ether oxygens (including phenoxy) is 1. The number of rotatable bonds is 9. The third-order valence-electron chi connectivity index (χ3n) is 2.04. The number of hydrogen-bond acceptors (Lipinski definition) is 4. The predicted octanol–water partition coefficient (Wildman–Crippen LogP) is 0.561. The molecule has 0 aromatic rings. The van der Waals surface area contributed by atoms with Gasteiger partial charge in [-0.1, -0.05) is 13.8 Å². The quantitative estimate of drug-likeness (QED) is 0.570. The van der Waals surface area contributed by atoms with Crippen molar-refractivity contribution in [2.24, 2.45) is 5.92 Å². The summed E-state index contributed by atoms with van der Waals surface area (Å²) in [7, 11) is 3.92. The molecule has 0 saturated carbocycles. The average Bonchev–Trinajstić information content (AvgIpc) is 2.08. The van der Waals surface area contributed by atoms with Crippen LogP contribution in [0.3, 0.4) is 0 Å². The van der Waals surface area contributed by atoms with Gasteiger partial charge in [-0.3, -0.25) is 0 Å². The molecule has 1 unspecified atom stereocenters. The van der Waals surface area contributed by atoms with Crippen molar-refractivity contribution in [1.82, 2.24) is 10.2 Å². The summed E-state index contributed by atoms with van der Waals surface area (Å²) < 4.78 is 5.44. The summed E-state index contributed by atoms with van der Waals surface area (Å²) in [6.45, 7) is 9.66. The first-order chi connectivity index (χ1) is 7.33. The molecule has 0 amide bonds. The molecule has 16 heavy (non-hydrogen) atoms. The third-order valence-corrected chi connectivity index (χ3v) is 2.04. The summed E-state index contributed by atoms with van der Waals surface area (Å²) >= 11 is 0. The van der Waals surface area contributed by atoms with Crippen LogP contribution >= 0.6 is 0 Å². The van der Waals surface area contributed by atoms with Gasteiger partial charge in [0.05, 0.1) is 12.2 Å². The molecule has 0 fully saturated rings. The topological polar surface area (TPSA) is 44.7 Å². The second-order valence-corrected chi connectivity index (χ2v) is 5.38. The van der Waals surface area contributed by atoms with Gasteiger partial charge in [0.1, 0.15) is 0 Å². The highest BCUT2D eigenvalue weighted by Crippen LogP contribution is 2.02. The van der Waals surface area contributed by atoms with E-state index >= 15 is 0 Å². The maximum absolute atomic E-state index is 9.98. The van der Waals surface area contributed by atoms with Crippen LogP contribution in [-0.4, -0.2) is 62.6 Å². The van der Waals surface area contributed by atoms with E-state index in [1.165, 1.54) is 0 Å². The molecule has 2 N–H and O–H groups in total. The normalized spacial score (nSPS) is 15.8. The summed E-state index contributed by atoms with van der Waals surface area (Å²) in [6.07, 6.45) is 0. The Balaban J connectivity index is 3.43. The van der Waals surface area contributed by atoms with Crippen molar-refractivity contribution in [3.63, 3.8) is 0 Å². The fourth-order valence-electron chi connectivity index (χ4n) is 1.56. The molecule has 0 heterocycles. The molecule has 0 aliphatic heterocycles. The zero-order chi connectivity index (χ0) is 12.6. The lowest BCUT2D eigenvalue weighted by Crippen LogP contribution is -2.46. The maximum atomic E-state index is 9.98. The van der Waals surface area contributed by atoms with Crippen LogP contribution in [0, 0.1) is 5.92 Å². The molecule has 0 saturated heterocycles. The van der Waals surface area contributed by atoms with Crippen molar-refractivity contribution >= 4 is 0 Å². The lowest BCUT2D eigenvalue weighted by molar-refractivity contribution is 0.0310. The molecule has 4 heteroatoms. The third kappa shape index (κ3) is 10.4. The molecule has 0 radical (unpaired) electrons. The molecule has 98 valence electrons. The van der Waals surface area contributed by atoms with Gasteiger partial charge < -0.3 is 20.1 Å². The van der Waals surface area contributed by atoms with E-state index in [2.05, 4.69) is 19.2 Å². The molecule has 0 aliphatic carbocycles. The Morgan fingerprint density at radius 3 is 2.50 bits per heavy atom. The molecular formula is C12H28N2O2. The molecule has 0 bridgehead atoms. The molecule has 0 aromatic carbocycles. The van der Waals surface area contributed by atoms with Gasteiger partial charge in [-0.05, 0) is 26.9 Å². The summed E-state index contributed by atoms with van der Waals surface area (Å²) in [5, 5.41) is 13.2. The number of nitrogens with zero attached hydrogens (tertiary/aromatic N) is 1. The van der Waals surface area contributed by atoms with Gasteiger partial charge in [0.2, 0.25) is 0 Å². The van der Waals surface area contributed by atoms with Crippen LogP contribution in [0.5, 0.6) is 0 Å². The van der Waals surface area contributed by atoms with E-state index in [1.54, 1.807) is 0 Å². The second kappa shape index (κ2) is 8.01. The number of likely N-dealkylation sites (N-methyl/N-ethyl adjacent to an activating group) is 1. The van der Waals surface area contributed by atoms with Crippen LogP contribution < -0.4 is 5.32 Å². The highest BCUT2D eigenvalue weighted by molar-refractivity contribution is 4.77. The minimum Gasteiger partial charge on any atom is -0.388 e. The van der Waals surface area contributed by atoms with E-state index < -0.39 is 5.60 Å². The van der Waals surface area contributed by atoms with Gasteiger partial charge in [-0.2, -0.15) is 0 Å². The Kier molecular flexibility index (Phi) is 7.93. The number of aliphatic hydroxyl groups is 1. The van der Waals surface area contributed by atoms with E-state index in [-0.39, 0.29) is 0 Å². The van der Waals surface area contributed by atoms with Crippen molar-refractivity contribution < 1.29 is 9.84 Å². The van der Waals surface area contributed by atoms with Crippen molar-refractivity contribution in [3.05, 3.63) is 0 Å². The van der Waals surface area contributed by atoms with Crippen LogP contribution in [0.4, 0.5) is 0 Å². The van der Waals surface area contributed by atoms with Gasteiger partial charge in [0.15, 0.2) is 0 Å². The number of hydrogen-bond donors (Lipinski definition) is 2. The fourth-order valence-corrected chi connectivity index (χ4v) is 1.56. The summed E-state index contributed by atoms with van der Waals surface area (Å²) in [5.74, 6) is 0.580. The first-order valence-electron chi connectivity index (χ1n) is 5.99. The summed E-state index contributed by atoms with van der Waals surface area (Å²) in [4.78, 5) is 1.98. The molecule has 1 atom stereocenters. The molecule has 0 aliphatic rings. The summed E-state index contributed by atoms with van der Waals surface area (Å²) in [5.41, 5.74) is -0.679.